The van der Waals surface area contributed by atoms with Gasteiger partial charge in [-0.3, -0.25) is 4.90 Å². The van der Waals surface area contributed by atoms with E-state index in [0.717, 1.165) is 4.90 Å². The monoisotopic (exact) mass is 541 g/mol. The molecule has 0 aliphatic heterocycles. The molecule has 3 N–H and O–H groups in total. The topological polar surface area (TPSA) is 103 Å². The highest BCUT2D eigenvalue weighted by Crippen LogP contribution is 2.29. The minimum absolute atomic E-state index is 0.00125. The highest BCUT2D eigenvalue weighted by atomic mass is 79.9. The first-order valence-electron chi connectivity index (χ1n) is 9.27. The maximum atomic E-state index is 14.5. The van der Waals surface area contributed by atoms with Gasteiger partial charge < -0.3 is 10.1 Å². The van der Waals surface area contributed by atoms with E-state index in [1.165, 1.54) is 30.3 Å². The molecule has 3 aromatic rings. The van der Waals surface area contributed by atoms with Gasteiger partial charge in [0.25, 0.3) is 0 Å². The molecule has 2 aromatic carbocycles. The van der Waals surface area contributed by atoms with Crippen LogP contribution in [-0.4, -0.2) is 42.6 Å². The summed E-state index contributed by atoms with van der Waals surface area (Å²) in [5.41, 5.74) is 1.22. The number of sulfonamides is 1. The summed E-state index contributed by atoms with van der Waals surface area (Å²) >= 11 is 9.06. The Bertz CT molecular complexity index is 1300. The minimum Gasteiger partial charge on any atom is -0.465 e. The Morgan fingerprint density at radius 2 is 2.00 bits per heavy atom. The van der Waals surface area contributed by atoms with E-state index in [9.17, 15) is 22.7 Å². The van der Waals surface area contributed by atoms with Crippen molar-refractivity contribution in [2.45, 2.75) is 17.9 Å². The van der Waals surface area contributed by atoms with Crippen molar-refractivity contribution in [1.82, 2.24) is 14.6 Å². The number of rotatable bonds is 8. The van der Waals surface area contributed by atoms with Gasteiger partial charge in [-0.15, -0.1) is 6.42 Å². The maximum absolute atomic E-state index is 14.5. The van der Waals surface area contributed by atoms with Crippen molar-refractivity contribution in [2.24, 2.45) is 0 Å². The number of hydrogen-bond donors (Lipinski definition) is 3. The van der Waals surface area contributed by atoms with E-state index in [2.05, 4.69) is 31.6 Å². The maximum Gasteiger partial charge on any atom is 0.408 e. The van der Waals surface area contributed by atoms with E-state index in [4.69, 9.17) is 18.0 Å². The molecular formula is C21H18BrClFN3O4S. The lowest BCUT2D eigenvalue weighted by Gasteiger charge is -2.16. The molecule has 0 radical (unpaired) electrons. The van der Waals surface area contributed by atoms with Crippen molar-refractivity contribution in [1.29, 1.82) is 0 Å². The number of terminal acetylenes is 1. The zero-order valence-electron chi connectivity index (χ0n) is 16.5. The van der Waals surface area contributed by atoms with Crippen LogP contribution in [-0.2, 0) is 23.0 Å². The first-order chi connectivity index (χ1) is 15.1. The molecule has 0 aliphatic carbocycles. The standard InChI is InChI=1S/C21H18BrClFN3O4S/c1-2-9-27(21(28)29)12-19-16(17-10-13(22)11-18(24)20(17)26-19)7-8-25-32(30,31)15-5-3-14(23)4-6-15/h1,3-6,10-11,25-26H,7-9,12H2,(H,28,29). The molecule has 0 bridgehead atoms. The van der Waals surface area contributed by atoms with Gasteiger partial charge in [0.1, 0.15) is 5.82 Å². The smallest absolute Gasteiger partial charge is 0.408 e. The first-order valence-corrected chi connectivity index (χ1v) is 11.9. The number of aromatic nitrogens is 1. The van der Waals surface area contributed by atoms with Crippen LogP contribution >= 0.6 is 27.5 Å². The number of carbonyl (C=O) groups is 1. The Kier molecular flexibility index (Phi) is 7.46. The lowest BCUT2D eigenvalue weighted by molar-refractivity contribution is 0.148. The van der Waals surface area contributed by atoms with Crippen molar-refractivity contribution in [3.63, 3.8) is 0 Å². The SMILES string of the molecule is C#CCN(Cc1[nH]c2c(F)cc(Br)cc2c1CCNS(=O)(=O)c1ccc(Cl)cc1)C(=O)O. The fourth-order valence-electron chi connectivity index (χ4n) is 3.25. The molecule has 1 heterocycles. The van der Waals surface area contributed by atoms with Gasteiger partial charge in [0.05, 0.1) is 23.5 Å². The highest BCUT2D eigenvalue weighted by molar-refractivity contribution is 9.10. The molecule has 3 rings (SSSR count). The zero-order valence-corrected chi connectivity index (χ0v) is 19.7. The van der Waals surface area contributed by atoms with Crippen LogP contribution in [0.15, 0.2) is 45.8 Å². The van der Waals surface area contributed by atoms with Crippen molar-refractivity contribution in [2.75, 3.05) is 13.1 Å². The van der Waals surface area contributed by atoms with E-state index in [-0.39, 0.29) is 36.5 Å². The lowest BCUT2D eigenvalue weighted by atomic mass is 10.1. The molecule has 0 unspecified atom stereocenters. The fourth-order valence-corrected chi connectivity index (χ4v) is 4.84. The molecule has 32 heavy (non-hydrogen) atoms. The van der Waals surface area contributed by atoms with Crippen LogP contribution in [0.5, 0.6) is 0 Å². The molecule has 0 atom stereocenters. The van der Waals surface area contributed by atoms with Crippen molar-refractivity contribution >= 4 is 54.6 Å². The molecule has 168 valence electrons. The summed E-state index contributed by atoms with van der Waals surface area (Å²) < 4.78 is 42.6. The Hall–Kier alpha value is -2.58. The van der Waals surface area contributed by atoms with Gasteiger partial charge in [-0.1, -0.05) is 33.5 Å². The number of hydrogen-bond acceptors (Lipinski definition) is 3. The normalized spacial score (nSPS) is 11.4. The largest absolute Gasteiger partial charge is 0.465 e. The number of benzene rings is 2. The minimum atomic E-state index is -3.79. The van der Waals surface area contributed by atoms with E-state index >= 15 is 0 Å². The van der Waals surface area contributed by atoms with Crippen LogP contribution in [0.1, 0.15) is 11.3 Å². The number of aromatic amines is 1. The average molecular weight is 543 g/mol. The van der Waals surface area contributed by atoms with Gasteiger partial charge in [0.15, 0.2) is 0 Å². The molecule has 0 aliphatic rings. The summed E-state index contributed by atoms with van der Waals surface area (Å²) in [6.07, 6.45) is 4.21. The summed E-state index contributed by atoms with van der Waals surface area (Å²) in [5.74, 6) is 1.75. The number of fused-ring (bicyclic) bond motifs is 1. The lowest BCUT2D eigenvalue weighted by Crippen LogP contribution is -2.30. The summed E-state index contributed by atoms with van der Waals surface area (Å²) in [4.78, 5) is 15.5. The van der Waals surface area contributed by atoms with Gasteiger partial charge in [-0.2, -0.15) is 0 Å². The second-order valence-corrected chi connectivity index (χ2v) is 9.96. The average Bonchev–Trinajstić information content (AvgIpc) is 3.05. The van der Waals surface area contributed by atoms with Gasteiger partial charge in [0, 0.05) is 27.1 Å². The van der Waals surface area contributed by atoms with E-state index in [1.807, 2.05) is 0 Å². The number of amides is 1. The number of H-pyrrole nitrogens is 1. The third-order valence-corrected chi connectivity index (χ3v) is 6.90. The number of carboxylic acid groups (broad SMARTS) is 1. The van der Waals surface area contributed by atoms with Crippen LogP contribution in [0.2, 0.25) is 5.02 Å². The molecule has 1 aromatic heterocycles. The molecule has 1 amide bonds. The number of nitrogens with zero attached hydrogens (tertiary/aromatic N) is 1. The number of nitrogens with one attached hydrogen (secondary N) is 2. The molecule has 0 spiro atoms. The number of halogens is 3. The van der Waals surface area contributed by atoms with Crippen LogP contribution in [0, 0.1) is 18.2 Å². The third-order valence-electron chi connectivity index (χ3n) is 4.71. The summed E-state index contributed by atoms with van der Waals surface area (Å²) in [6, 6.07) is 8.69. The molecule has 0 saturated heterocycles. The van der Waals surface area contributed by atoms with E-state index in [1.54, 1.807) is 6.07 Å². The van der Waals surface area contributed by atoms with Gasteiger partial charge in [-0.05, 0) is 48.4 Å². The fraction of sp³-hybridized carbons (Fsp3) is 0.190. The molecular weight excluding hydrogens is 525 g/mol. The Balaban J connectivity index is 1.91. The van der Waals surface area contributed by atoms with Crippen LogP contribution < -0.4 is 4.72 Å². The Morgan fingerprint density at radius 3 is 2.62 bits per heavy atom. The van der Waals surface area contributed by atoms with Gasteiger partial charge >= 0.3 is 6.09 Å². The summed E-state index contributed by atoms with van der Waals surface area (Å²) in [5, 5.41) is 10.3. The van der Waals surface area contributed by atoms with E-state index < -0.39 is 21.9 Å². The van der Waals surface area contributed by atoms with Crippen LogP contribution in [0.25, 0.3) is 10.9 Å². The van der Waals surface area contributed by atoms with Crippen LogP contribution in [0.4, 0.5) is 9.18 Å². The highest BCUT2D eigenvalue weighted by Gasteiger charge is 2.20. The predicted octanol–water partition coefficient (Wildman–Crippen LogP) is 4.36. The Morgan fingerprint density at radius 1 is 1.31 bits per heavy atom. The second-order valence-electron chi connectivity index (χ2n) is 6.84. The third kappa shape index (κ3) is 5.42. The van der Waals surface area contributed by atoms with Crippen LogP contribution in [0.3, 0.4) is 0 Å². The molecule has 7 nitrogen and oxygen atoms in total. The second kappa shape index (κ2) is 9.92. The van der Waals surface area contributed by atoms with Crippen molar-refractivity contribution < 1.29 is 22.7 Å². The van der Waals surface area contributed by atoms with Crippen molar-refractivity contribution in [3.8, 4) is 12.3 Å². The molecule has 0 fully saturated rings. The zero-order chi connectivity index (χ0) is 23.5. The summed E-state index contributed by atoms with van der Waals surface area (Å²) in [6.45, 7) is -0.259. The first kappa shape index (κ1) is 24.1. The van der Waals surface area contributed by atoms with Gasteiger partial charge in [-0.25, -0.2) is 22.3 Å². The molecule has 0 saturated carbocycles. The quantitative estimate of drug-likeness (QED) is 0.368. The predicted molar refractivity (Wildman–Crippen MR) is 124 cm³/mol. The summed E-state index contributed by atoms with van der Waals surface area (Å²) in [7, 11) is -3.79. The van der Waals surface area contributed by atoms with Gasteiger partial charge in [0.2, 0.25) is 10.0 Å². The molecule has 11 heteroatoms. The van der Waals surface area contributed by atoms with E-state index in [0.29, 0.717) is 26.1 Å². The Labute approximate surface area is 197 Å². The van der Waals surface area contributed by atoms with Crippen molar-refractivity contribution in [3.05, 3.63) is 63.0 Å².